The Morgan fingerprint density at radius 1 is 1.37 bits per heavy atom. The van der Waals surface area contributed by atoms with Crippen molar-refractivity contribution in [3.8, 4) is 0 Å². The van der Waals surface area contributed by atoms with Crippen molar-refractivity contribution < 1.29 is 19.5 Å². The van der Waals surface area contributed by atoms with Crippen LogP contribution in [0.2, 0.25) is 0 Å². The van der Waals surface area contributed by atoms with Gasteiger partial charge in [0, 0.05) is 0 Å². The molecule has 1 heterocycles. The average molecular weight is 269 g/mol. The molecule has 0 aliphatic heterocycles. The first-order chi connectivity index (χ1) is 8.81. The number of nitrogens with one attached hydrogen (secondary N) is 2. The number of carbonyl (C=O) groups excluding carboxylic acids is 2. The third kappa shape index (κ3) is 3.98. The molecule has 0 aliphatic rings. The van der Waals surface area contributed by atoms with Crippen molar-refractivity contribution >= 4 is 23.6 Å². The van der Waals surface area contributed by atoms with E-state index in [2.05, 4.69) is 15.5 Å². The van der Waals surface area contributed by atoms with E-state index in [1.54, 1.807) is 13.8 Å². The maximum Gasteiger partial charge on any atom is 0.323 e. The molecule has 19 heavy (non-hydrogen) atoms. The van der Waals surface area contributed by atoms with Gasteiger partial charge in [0.2, 0.25) is 5.91 Å². The molecule has 1 aromatic rings. The summed E-state index contributed by atoms with van der Waals surface area (Å²) >= 11 is 0. The molecule has 0 saturated carbocycles. The third-order valence-corrected chi connectivity index (χ3v) is 2.32. The molecule has 0 saturated heterocycles. The van der Waals surface area contributed by atoms with Crippen LogP contribution in [0.1, 0.15) is 11.4 Å². The van der Waals surface area contributed by atoms with Crippen molar-refractivity contribution in [2.45, 2.75) is 13.8 Å². The normalized spacial score (nSPS) is 10.0. The fourth-order valence-corrected chi connectivity index (χ4v) is 1.47. The lowest BCUT2D eigenvalue weighted by atomic mass is 10.3. The van der Waals surface area contributed by atoms with Gasteiger partial charge in [-0.25, -0.2) is 4.79 Å². The van der Waals surface area contributed by atoms with E-state index in [1.807, 2.05) is 0 Å². The quantitative estimate of drug-likeness (QED) is 0.566. The van der Waals surface area contributed by atoms with Crippen molar-refractivity contribution in [2.24, 2.45) is 5.73 Å². The number of aromatic nitrogens is 2. The Bertz CT molecular complexity index is 475. The second-order valence-electron chi connectivity index (χ2n) is 3.96. The molecule has 9 heteroatoms. The minimum absolute atomic E-state index is 0.449. The molecule has 0 unspecified atom stereocenters. The molecule has 3 amide bonds. The fourth-order valence-electron chi connectivity index (χ4n) is 1.47. The number of primary amides is 1. The number of H-pyrrole nitrogens is 1. The van der Waals surface area contributed by atoms with Crippen molar-refractivity contribution in [3.05, 3.63) is 11.4 Å². The highest BCUT2D eigenvalue weighted by atomic mass is 16.4. The van der Waals surface area contributed by atoms with Gasteiger partial charge >= 0.3 is 12.0 Å². The summed E-state index contributed by atoms with van der Waals surface area (Å²) < 4.78 is 0. The SMILES string of the molecule is Cc1n[nH]c(C)c1NC(=O)N(CC(N)=O)CC(=O)O. The number of carbonyl (C=O) groups is 3. The van der Waals surface area contributed by atoms with Crippen molar-refractivity contribution in [2.75, 3.05) is 18.4 Å². The molecule has 0 atom stereocenters. The highest BCUT2D eigenvalue weighted by Crippen LogP contribution is 2.16. The van der Waals surface area contributed by atoms with Crippen LogP contribution in [-0.2, 0) is 9.59 Å². The van der Waals surface area contributed by atoms with Gasteiger partial charge in [0.25, 0.3) is 0 Å². The van der Waals surface area contributed by atoms with E-state index < -0.39 is 31.0 Å². The van der Waals surface area contributed by atoms with Crippen LogP contribution in [0, 0.1) is 13.8 Å². The van der Waals surface area contributed by atoms with Crippen LogP contribution in [0.25, 0.3) is 0 Å². The number of carboxylic acid groups (broad SMARTS) is 1. The lowest BCUT2D eigenvalue weighted by Crippen LogP contribution is -2.43. The van der Waals surface area contributed by atoms with Gasteiger partial charge in [-0.1, -0.05) is 0 Å². The first-order valence-corrected chi connectivity index (χ1v) is 5.39. The number of urea groups is 1. The van der Waals surface area contributed by atoms with Crippen molar-refractivity contribution in [3.63, 3.8) is 0 Å². The highest BCUT2D eigenvalue weighted by Gasteiger charge is 2.20. The monoisotopic (exact) mass is 269 g/mol. The lowest BCUT2D eigenvalue weighted by Gasteiger charge is -2.19. The van der Waals surface area contributed by atoms with Gasteiger partial charge in [0.05, 0.1) is 17.1 Å². The number of aromatic amines is 1. The van der Waals surface area contributed by atoms with Crippen molar-refractivity contribution in [1.29, 1.82) is 0 Å². The Morgan fingerprint density at radius 3 is 2.42 bits per heavy atom. The molecule has 0 bridgehead atoms. The van der Waals surface area contributed by atoms with Crippen LogP contribution < -0.4 is 11.1 Å². The summed E-state index contributed by atoms with van der Waals surface area (Å²) in [5, 5.41) is 17.7. The van der Waals surface area contributed by atoms with E-state index in [9.17, 15) is 14.4 Å². The predicted octanol–water partition coefficient (Wildman–Crippen LogP) is -0.570. The Balaban J connectivity index is 2.82. The number of hydrogen-bond acceptors (Lipinski definition) is 4. The van der Waals surface area contributed by atoms with E-state index in [1.165, 1.54) is 0 Å². The smallest absolute Gasteiger partial charge is 0.323 e. The molecule has 1 rings (SSSR count). The number of anilines is 1. The van der Waals surface area contributed by atoms with Crippen LogP contribution in [-0.4, -0.2) is 51.2 Å². The molecule has 0 aromatic carbocycles. The predicted molar refractivity (Wildman–Crippen MR) is 65.5 cm³/mol. The summed E-state index contributed by atoms with van der Waals surface area (Å²) in [6, 6.07) is -0.728. The largest absolute Gasteiger partial charge is 0.480 e. The second-order valence-corrected chi connectivity index (χ2v) is 3.96. The molecular formula is C10H15N5O4. The molecule has 0 aliphatic carbocycles. The Labute approximate surface area is 108 Å². The number of aryl methyl sites for hydroxylation is 2. The highest BCUT2D eigenvalue weighted by molar-refractivity contribution is 5.94. The van der Waals surface area contributed by atoms with E-state index >= 15 is 0 Å². The molecule has 5 N–H and O–H groups in total. The summed E-state index contributed by atoms with van der Waals surface area (Å²) in [7, 11) is 0. The number of hydrogen-bond donors (Lipinski definition) is 4. The number of nitrogens with zero attached hydrogens (tertiary/aromatic N) is 2. The van der Waals surface area contributed by atoms with Gasteiger partial charge in [-0.3, -0.25) is 14.7 Å². The zero-order valence-electron chi connectivity index (χ0n) is 10.6. The van der Waals surface area contributed by atoms with Gasteiger partial charge in [-0.15, -0.1) is 0 Å². The Morgan fingerprint density at radius 2 is 2.00 bits per heavy atom. The van der Waals surface area contributed by atoms with Crippen LogP contribution in [0.5, 0.6) is 0 Å². The molecule has 0 fully saturated rings. The number of carboxylic acids is 1. The van der Waals surface area contributed by atoms with Crippen molar-refractivity contribution in [1.82, 2.24) is 15.1 Å². The van der Waals surface area contributed by atoms with E-state index in [0.717, 1.165) is 4.90 Å². The minimum atomic E-state index is -1.24. The summed E-state index contributed by atoms with van der Waals surface area (Å²) in [6.07, 6.45) is 0. The molecule has 1 aromatic heterocycles. The fraction of sp³-hybridized carbons (Fsp3) is 0.400. The average Bonchev–Trinajstić information content (AvgIpc) is 2.58. The van der Waals surface area contributed by atoms with Gasteiger partial charge in [-0.05, 0) is 13.8 Å². The molecule has 104 valence electrons. The molecule has 9 nitrogen and oxygen atoms in total. The molecule has 0 radical (unpaired) electrons. The minimum Gasteiger partial charge on any atom is -0.480 e. The second kappa shape index (κ2) is 5.85. The lowest BCUT2D eigenvalue weighted by molar-refractivity contribution is -0.137. The summed E-state index contributed by atoms with van der Waals surface area (Å²) in [5.41, 5.74) is 6.60. The zero-order chi connectivity index (χ0) is 14.6. The van der Waals surface area contributed by atoms with E-state index in [-0.39, 0.29) is 0 Å². The maximum atomic E-state index is 11.9. The number of rotatable bonds is 5. The standard InChI is InChI=1S/C10H15N5O4/c1-5-9(6(2)14-13-5)12-10(19)15(3-7(11)16)4-8(17)18/h3-4H2,1-2H3,(H2,11,16)(H,12,19)(H,13,14)(H,17,18). The number of nitrogens with two attached hydrogens (primary N) is 1. The summed E-state index contributed by atoms with van der Waals surface area (Å²) in [5.74, 6) is -2.03. The Hall–Kier alpha value is -2.58. The summed E-state index contributed by atoms with van der Waals surface area (Å²) in [6.45, 7) is 2.28. The van der Waals surface area contributed by atoms with Crippen LogP contribution in [0.4, 0.5) is 10.5 Å². The third-order valence-electron chi connectivity index (χ3n) is 2.32. The van der Waals surface area contributed by atoms with Gasteiger partial charge in [0.15, 0.2) is 0 Å². The van der Waals surface area contributed by atoms with Crippen LogP contribution in [0.15, 0.2) is 0 Å². The van der Waals surface area contributed by atoms with Gasteiger partial charge < -0.3 is 21.1 Å². The van der Waals surface area contributed by atoms with Gasteiger partial charge in [0.1, 0.15) is 13.1 Å². The summed E-state index contributed by atoms with van der Waals surface area (Å²) in [4.78, 5) is 34.2. The van der Waals surface area contributed by atoms with Crippen LogP contribution in [0.3, 0.4) is 0 Å². The van der Waals surface area contributed by atoms with E-state index in [4.69, 9.17) is 10.8 Å². The topological polar surface area (TPSA) is 141 Å². The zero-order valence-corrected chi connectivity index (χ0v) is 10.6. The number of aliphatic carboxylic acids is 1. The van der Waals surface area contributed by atoms with Crippen LogP contribution >= 0.6 is 0 Å². The van der Waals surface area contributed by atoms with E-state index in [0.29, 0.717) is 17.1 Å². The first kappa shape index (κ1) is 14.5. The Kier molecular flexibility index (Phi) is 4.46. The number of amides is 3. The maximum absolute atomic E-state index is 11.9. The molecule has 0 spiro atoms. The molecular weight excluding hydrogens is 254 g/mol. The van der Waals surface area contributed by atoms with Gasteiger partial charge in [-0.2, -0.15) is 5.10 Å². The first-order valence-electron chi connectivity index (χ1n) is 5.39.